The Kier molecular flexibility index (Phi) is 5.79. The summed E-state index contributed by atoms with van der Waals surface area (Å²) in [6, 6.07) is 19.3. The summed E-state index contributed by atoms with van der Waals surface area (Å²) in [4.78, 5) is 18.3. The molecule has 7 heteroatoms. The largest absolute Gasteiger partial charge is 0.490 e. The van der Waals surface area contributed by atoms with E-state index < -0.39 is 0 Å². The molecule has 2 aromatic heterocycles. The minimum atomic E-state index is -0.0994. The lowest BCUT2D eigenvalue weighted by Crippen LogP contribution is -2.22. The van der Waals surface area contributed by atoms with Gasteiger partial charge in [0, 0.05) is 0 Å². The number of aryl methyl sites for hydroxylation is 1. The number of aromatic nitrogens is 2. The van der Waals surface area contributed by atoms with Crippen LogP contribution in [0.25, 0.3) is 22.1 Å². The van der Waals surface area contributed by atoms with Crippen LogP contribution in [0.5, 0.6) is 11.5 Å². The number of imidazole rings is 1. The third-order valence-corrected chi connectivity index (χ3v) is 6.66. The van der Waals surface area contributed by atoms with Crippen LogP contribution in [0.15, 0.2) is 65.5 Å². The fourth-order valence-corrected chi connectivity index (χ4v) is 5.02. The average molecular weight is 477 g/mol. The van der Waals surface area contributed by atoms with E-state index >= 15 is 0 Å². The molecule has 3 aromatic carbocycles. The summed E-state index contributed by atoms with van der Waals surface area (Å²) in [6.45, 7) is 4.80. The second kappa shape index (κ2) is 8.89. The van der Waals surface area contributed by atoms with Crippen molar-refractivity contribution in [1.82, 2.24) is 9.38 Å². The Balaban J connectivity index is 1.54. The highest BCUT2D eigenvalue weighted by molar-refractivity contribution is 7.15. The molecular weight excluding hydrogens is 456 g/mol. The normalized spacial score (nSPS) is 12.0. The highest BCUT2D eigenvalue weighted by atomic mass is 35.5. The van der Waals surface area contributed by atoms with Gasteiger partial charge in [-0.05, 0) is 60.9 Å². The molecule has 0 aliphatic heterocycles. The van der Waals surface area contributed by atoms with Crippen LogP contribution in [0.4, 0.5) is 0 Å². The highest BCUT2D eigenvalue weighted by Crippen LogP contribution is 2.37. The quantitative estimate of drug-likeness (QED) is 0.329. The van der Waals surface area contributed by atoms with Gasteiger partial charge < -0.3 is 9.47 Å². The van der Waals surface area contributed by atoms with Gasteiger partial charge in [0.1, 0.15) is 6.61 Å². The number of benzene rings is 3. The van der Waals surface area contributed by atoms with Crippen molar-refractivity contribution in [2.24, 2.45) is 0 Å². The molecular formula is C26H21ClN2O3S. The van der Waals surface area contributed by atoms with Crippen LogP contribution in [-0.4, -0.2) is 16.0 Å². The first-order chi connectivity index (χ1) is 16.0. The highest BCUT2D eigenvalue weighted by Gasteiger charge is 2.14. The average Bonchev–Trinajstić information content (AvgIpc) is 3.30. The van der Waals surface area contributed by atoms with E-state index in [1.165, 1.54) is 11.3 Å². The molecule has 0 spiro atoms. The van der Waals surface area contributed by atoms with E-state index in [0.29, 0.717) is 39.2 Å². The van der Waals surface area contributed by atoms with Crippen LogP contribution in [0, 0.1) is 6.92 Å². The van der Waals surface area contributed by atoms with E-state index in [4.69, 9.17) is 21.1 Å². The Morgan fingerprint density at radius 3 is 2.70 bits per heavy atom. The number of hydrogen-bond donors (Lipinski definition) is 0. The topological polar surface area (TPSA) is 52.8 Å². The zero-order chi connectivity index (χ0) is 22.9. The summed E-state index contributed by atoms with van der Waals surface area (Å²) < 4.78 is 14.1. The molecule has 0 atom stereocenters. The molecule has 5 aromatic rings. The maximum absolute atomic E-state index is 13.1. The minimum absolute atomic E-state index is 0.0994. The van der Waals surface area contributed by atoms with Gasteiger partial charge in [-0.1, -0.05) is 59.3 Å². The van der Waals surface area contributed by atoms with Crippen molar-refractivity contribution in [3.63, 3.8) is 0 Å². The van der Waals surface area contributed by atoms with Gasteiger partial charge in [-0.3, -0.25) is 4.79 Å². The fourth-order valence-electron chi connectivity index (χ4n) is 3.76. The van der Waals surface area contributed by atoms with Crippen molar-refractivity contribution < 1.29 is 9.47 Å². The molecule has 0 saturated carbocycles. The molecule has 0 fully saturated rings. The zero-order valence-electron chi connectivity index (χ0n) is 18.2. The van der Waals surface area contributed by atoms with E-state index in [1.54, 1.807) is 10.5 Å². The molecule has 2 heterocycles. The lowest BCUT2D eigenvalue weighted by molar-refractivity contribution is 0.269. The lowest BCUT2D eigenvalue weighted by Gasteiger charge is -2.15. The first-order valence-corrected chi connectivity index (χ1v) is 11.8. The van der Waals surface area contributed by atoms with Crippen LogP contribution in [0.1, 0.15) is 23.6 Å². The van der Waals surface area contributed by atoms with E-state index in [-0.39, 0.29) is 5.56 Å². The maximum atomic E-state index is 13.1. The first-order valence-electron chi connectivity index (χ1n) is 10.6. The van der Waals surface area contributed by atoms with Crippen LogP contribution < -0.4 is 19.6 Å². The third kappa shape index (κ3) is 4.08. The molecule has 166 valence electrons. The first kappa shape index (κ1) is 21.5. The predicted molar refractivity (Wildman–Crippen MR) is 134 cm³/mol. The summed E-state index contributed by atoms with van der Waals surface area (Å²) in [7, 11) is 0. The molecule has 0 aliphatic rings. The Labute approximate surface area is 199 Å². The SMILES string of the molecule is CCOc1cc(/C=c2\sc3nc4ccccc4n3c2=O)cc(Cl)c1OCc1ccccc1C. The number of ether oxygens (including phenoxy) is 2. The molecule has 0 aliphatic carbocycles. The summed E-state index contributed by atoms with van der Waals surface area (Å²) in [6.07, 6.45) is 1.82. The summed E-state index contributed by atoms with van der Waals surface area (Å²) >= 11 is 7.95. The molecule has 5 nitrogen and oxygen atoms in total. The van der Waals surface area contributed by atoms with Crippen molar-refractivity contribution in [2.75, 3.05) is 6.61 Å². The van der Waals surface area contributed by atoms with Gasteiger partial charge in [0.2, 0.25) is 0 Å². The Bertz CT molecular complexity index is 1590. The van der Waals surface area contributed by atoms with Crippen molar-refractivity contribution in [1.29, 1.82) is 0 Å². The number of rotatable bonds is 6. The summed E-state index contributed by atoms with van der Waals surface area (Å²) in [5, 5.41) is 0.431. The van der Waals surface area contributed by atoms with Gasteiger partial charge in [0.05, 0.1) is 27.2 Å². The van der Waals surface area contributed by atoms with Crippen LogP contribution in [-0.2, 0) is 6.61 Å². The van der Waals surface area contributed by atoms with Crippen molar-refractivity contribution >= 4 is 45.0 Å². The number of para-hydroxylation sites is 2. The van der Waals surface area contributed by atoms with Gasteiger partial charge >= 0.3 is 0 Å². The molecule has 0 unspecified atom stereocenters. The van der Waals surface area contributed by atoms with Crippen molar-refractivity contribution in [3.05, 3.63) is 97.3 Å². The van der Waals surface area contributed by atoms with Gasteiger partial charge in [-0.15, -0.1) is 0 Å². The Hall–Kier alpha value is -3.35. The number of nitrogens with zero attached hydrogens (tertiary/aromatic N) is 2. The van der Waals surface area contributed by atoms with Gasteiger partial charge in [0.25, 0.3) is 5.56 Å². The van der Waals surface area contributed by atoms with E-state index in [0.717, 1.165) is 27.7 Å². The van der Waals surface area contributed by atoms with Crippen LogP contribution >= 0.6 is 22.9 Å². The standard InChI is InChI=1S/C26H21ClN2O3S/c1-3-31-22-13-17(12-19(27)24(22)32-15-18-9-5-4-8-16(18)2)14-23-25(30)29-21-11-7-6-10-20(21)28-26(29)33-23/h4-14H,3,15H2,1-2H3/b23-14-. The monoisotopic (exact) mass is 476 g/mol. The van der Waals surface area contributed by atoms with Crippen molar-refractivity contribution in [3.8, 4) is 11.5 Å². The molecule has 5 rings (SSSR count). The van der Waals surface area contributed by atoms with E-state index in [1.807, 2.05) is 74.5 Å². The molecule has 0 saturated heterocycles. The Morgan fingerprint density at radius 2 is 1.88 bits per heavy atom. The number of fused-ring (bicyclic) bond motifs is 3. The zero-order valence-corrected chi connectivity index (χ0v) is 19.7. The molecule has 33 heavy (non-hydrogen) atoms. The minimum Gasteiger partial charge on any atom is -0.490 e. The molecule has 0 N–H and O–H groups in total. The molecule has 0 bridgehead atoms. The second-order valence-corrected chi connectivity index (χ2v) is 9.03. The van der Waals surface area contributed by atoms with Gasteiger partial charge in [-0.25, -0.2) is 9.38 Å². The third-order valence-electron chi connectivity index (χ3n) is 5.41. The van der Waals surface area contributed by atoms with E-state index in [9.17, 15) is 4.79 Å². The number of halogens is 1. The number of hydrogen-bond acceptors (Lipinski definition) is 5. The van der Waals surface area contributed by atoms with Gasteiger partial charge in [0.15, 0.2) is 16.5 Å². The summed E-state index contributed by atoms with van der Waals surface area (Å²) in [5.41, 5.74) is 4.51. The van der Waals surface area contributed by atoms with Crippen LogP contribution in [0.3, 0.4) is 0 Å². The van der Waals surface area contributed by atoms with Crippen LogP contribution in [0.2, 0.25) is 5.02 Å². The van der Waals surface area contributed by atoms with Crippen molar-refractivity contribution in [2.45, 2.75) is 20.5 Å². The number of thiazole rings is 1. The second-order valence-electron chi connectivity index (χ2n) is 7.61. The Morgan fingerprint density at radius 1 is 1.09 bits per heavy atom. The smallest absolute Gasteiger partial charge is 0.274 e. The predicted octanol–water partition coefficient (Wildman–Crippen LogP) is 5.40. The maximum Gasteiger partial charge on any atom is 0.274 e. The van der Waals surface area contributed by atoms with E-state index in [2.05, 4.69) is 4.98 Å². The summed E-state index contributed by atoms with van der Waals surface area (Å²) in [5.74, 6) is 1.04. The lowest BCUT2D eigenvalue weighted by atomic mass is 10.1. The fraction of sp³-hybridized carbons (Fsp3) is 0.154. The van der Waals surface area contributed by atoms with Gasteiger partial charge in [-0.2, -0.15) is 0 Å². The molecule has 0 amide bonds. The molecule has 0 radical (unpaired) electrons.